The molecule has 0 radical (unpaired) electrons. The Bertz CT molecular complexity index is 4.00. The van der Waals surface area contributed by atoms with E-state index in [1.165, 1.54) is 0 Å². The predicted molar refractivity (Wildman–Crippen MR) is 30.8 cm³/mol. The minimum Gasteiger partial charge on any atom is -0.118 e. The maximum absolute atomic E-state index is 2.33. The van der Waals surface area contributed by atoms with E-state index in [9.17, 15) is 0 Å². The fourth-order valence-corrected chi connectivity index (χ4v) is 0. The van der Waals surface area contributed by atoms with Gasteiger partial charge in [-0.15, -0.1) is 17.9 Å². The third-order valence-corrected chi connectivity index (χ3v) is 0. The molecule has 0 bridgehead atoms. The minimum atomic E-state index is 2.00. The van der Waals surface area contributed by atoms with Crippen molar-refractivity contribution in [2.75, 3.05) is 0 Å². The maximum atomic E-state index is 2.33. The normalized spacial score (nSPS) is 3.00. The van der Waals surface area contributed by atoms with Crippen LogP contribution in [0.4, 0.5) is 0 Å². The lowest BCUT2D eigenvalue weighted by molar-refractivity contribution is 1.50. The molecule has 0 aliphatic carbocycles. The fourth-order valence-electron chi connectivity index (χ4n) is 0. The second kappa shape index (κ2) is 42.7. The molecule has 0 heterocycles. The monoisotopic (exact) mass is 96.0 g/mol. The lowest BCUT2D eigenvalue weighted by Gasteiger charge is -1.12. The molecular weight excluding hydrogens is 86.0 g/mol. The van der Waals surface area contributed by atoms with Gasteiger partial charge in [0.25, 0.3) is 0 Å². The van der Waals surface area contributed by atoms with Gasteiger partial charge in [0.1, 0.15) is 0 Å². The van der Waals surface area contributed by atoms with Crippen LogP contribution in [0.15, 0.2) is 0 Å². The molecule has 2 unspecified atom stereocenters. The van der Waals surface area contributed by atoms with Crippen LogP contribution in [0.1, 0.15) is 13.8 Å². The zero-order valence-electron chi connectivity index (χ0n) is 3.15. The summed E-state index contributed by atoms with van der Waals surface area (Å²) < 4.78 is 0. The topological polar surface area (TPSA) is 0 Å². The van der Waals surface area contributed by atoms with Crippen LogP contribution in [-0.2, 0) is 0 Å². The van der Waals surface area contributed by atoms with E-state index >= 15 is 0 Å². The Kier molecular flexibility index (Phi) is 94.5. The van der Waals surface area contributed by atoms with Crippen molar-refractivity contribution in [3.63, 3.8) is 0 Å². The van der Waals surface area contributed by atoms with Crippen LogP contribution in [0.5, 0.6) is 0 Å². The van der Waals surface area contributed by atoms with E-state index in [2.05, 4.69) is 17.9 Å². The maximum Gasteiger partial charge on any atom is -0.0683 e. The van der Waals surface area contributed by atoms with E-state index in [4.69, 9.17) is 0 Å². The summed E-state index contributed by atoms with van der Waals surface area (Å²) in [5, 5.41) is 0. The Morgan fingerprint density at radius 2 is 1.00 bits per heavy atom. The van der Waals surface area contributed by atoms with Crippen molar-refractivity contribution in [2.24, 2.45) is 0 Å². The molecule has 2 atom stereocenters. The smallest absolute Gasteiger partial charge is 0.0683 e. The Labute approximate surface area is 32.7 Å². The molecule has 0 nitrogen and oxygen atoms in total. The summed E-state index contributed by atoms with van der Waals surface area (Å²) in [5.74, 6) is 0. The molecule has 0 saturated heterocycles. The van der Waals surface area contributed by atoms with Gasteiger partial charge in [0, 0.05) is 0 Å². The van der Waals surface area contributed by atoms with Crippen LogP contribution in [0.3, 0.4) is 0 Å². The summed E-state index contributed by atoms with van der Waals surface area (Å²) in [6, 6.07) is 0. The van der Waals surface area contributed by atoms with Crippen LogP contribution in [-0.4, -0.2) is 0 Å². The molecule has 0 aliphatic heterocycles. The SMILES string of the molecule is CC.PP. The Morgan fingerprint density at radius 1 is 1.00 bits per heavy atom. The Hall–Kier alpha value is 0.860. The first kappa shape index (κ1) is 8.85. The van der Waals surface area contributed by atoms with Gasteiger partial charge in [-0.3, -0.25) is 0 Å². The number of rotatable bonds is 0. The molecule has 0 amide bonds. The van der Waals surface area contributed by atoms with Crippen LogP contribution < -0.4 is 0 Å². The molecule has 0 fully saturated rings. The highest BCUT2D eigenvalue weighted by molar-refractivity contribution is 7.92. The second-order valence-electron chi connectivity index (χ2n) is 0. The zero-order chi connectivity index (χ0) is 4.00. The standard InChI is InChI=1S/C2H6.H4P2/c2*1-2/h1-2H3;1-2H2. The Morgan fingerprint density at radius 3 is 1.00 bits per heavy atom. The first-order chi connectivity index (χ1) is 2.00. The highest BCUT2D eigenvalue weighted by atomic mass is 32.0. The molecule has 0 aliphatic rings. The van der Waals surface area contributed by atoms with Crippen molar-refractivity contribution in [3.8, 4) is 0 Å². The first-order valence-electron chi connectivity index (χ1n) is 1.33. The number of hydrogen-bond donors (Lipinski definition) is 0. The third kappa shape index (κ3) is 13.4. The largest absolute Gasteiger partial charge is 0.118 e. The second-order valence-corrected chi connectivity index (χ2v) is 0. The lowest BCUT2D eigenvalue weighted by Crippen LogP contribution is -0.856. The zero-order valence-corrected chi connectivity index (χ0v) is 5.46. The van der Waals surface area contributed by atoms with Crippen LogP contribution >= 0.6 is 17.9 Å². The molecular formula is C2H10P2. The first-order valence-corrected chi connectivity index (χ1v) is 4.00. The van der Waals surface area contributed by atoms with Crippen molar-refractivity contribution in [3.05, 3.63) is 0 Å². The van der Waals surface area contributed by atoms with E-state index in [0.29, 0.717) is 0 Å². The van der Waals surface area contributed by atoms with Crippen molar-refractivity contribution in [1.82, 2.24) is 0 Å². The predicted octanol–water partition coefficient (Wildman–Crippen LogP) is 1.68. The highest BCUT2D eigenvalue weighted by Crippen LogP contribution is 1.86. The summed E-state index contributed by atoms with van der Waals surface area (Å²) in [6.45, 7) is 4.00. The quantitative estimate of drug-likeness (QED) is 0.402. The third-order valence-electron chi connectivity index (χ3n) is 0. The van der Waals surface area contributed by atoms with Gasteiger partial charge in [-0.1, -0.05) is 13.8 Å². The van der Waals surface area contributed by atoms with E-state index in [0.717, 1.165) is 0 Å². The molecule has 0 N–H and O–H groups in total. The average Bonchev–Trinajstić information content (AvgIpc) is 1.50. The van der Waals surface area contributed by atoms with Crippen LogP contribution in [0.25, 0.3) is 0 Å². The highest BCUT2D eigenvalue weighted by Gasteiger charge is 0.932. The molecule has 28 valence electrons. The average molecular weight is 96.0 g/mol. The van der Waals surface area contributed by atoms with E-state index in [1.807, 2.05) is 13.8 Å². The van der Waals surface area contributed by atoms with Crippen LogP contribution in [0, 0.1) is 0 Å². The summed E-state index contributed by atoms with van der Waals surface area (Å²) in [7, 11) is 4.67. The van der Waals surface area contributed by atoms with Crippen molar-refractivity contribution in [2.45, 2.75) is 13.8 Å². The summed E-state index contributed by atoms with van der Waals surface area (Å²) in [5.41, 5.74) is 0. The molecule has 2 heteroatoms. The molecule has 0 spiro atoms. The van der Waals surface area contributed by atoms with Crippen LogP contribution in [0.2, 0.25) is 0 Å². The van der Waals surface area contributed by atoms with E-state index in [1.54, 1.807) is 0 Å². The van der Waals surface area contributed by atoms with Gasteiger partial charge in [-0.2, -0.15) is 0 Å². The fraction of sp³-hybridized carbons (Fsp3) is 1.00. The summed E-state index contributed by atoms with van der Waals surface area (Å²) in [6.07, 6.45) is 0. The van der Waals surface area contributed by atoms with Gasteiger partial charge in [0.15, 0.2) is 0 Å². The lowest BCUT2D eigenvalue weighted by atomic mass is 11.0. The van der Waals surface area contributed by atoms with Gasteiger partial charge in [-0.05, 0) is 0 Å². The summed E-state index contributed by atoms with van der Waals surface area (Å²) in [4.78, 5) is 0. The van der Waals surface area contributed by atoms with Crippen molar-refractivity contribution < 1.29 is 0 Å². The van der Waals surface area contributed by atoms with E-state index in [-0.39, 0.29) is 0 Å². The molecule has 0 rings (SSSR count). The Balaban J connectivity index is 0. The van der Waals surface area contributed by atoms with Gasteiger partial charge < -0.3 is 0 Å². The molecule has 4 heavy (non-hydrogen) atoms. The van der Waals surface area contributed by atoms with E-state index < -0.39 is 0 Å². The molecule has 0 aromatic carbocycles. The van der Waals surface area contributed by atoms with Gasteiger partial charge in [0.2, 0.25) is 0 Å². The number of hydrogen-bond acceptors (Lipinski definition) is 0. The van der Waals surface area contributed by atoms with Crippen molar-refractivity contribution in [1.29, 1.82) is 0 Å². The van der Waals surface area contributed by atoms with Crippen molar-refractivity contribution >= 4 is 17.9 Å². The van der Waals surface area contributed by atoms with Gasteiger partial charge in [-0.25, -0.2) is 0 Å². The molecule has 0 aromatic heterocycles. The molecule has 0 saturated carbocycles. The minimum absolute atomic E-state index is 2.00. The molecule has 0 aromatic rings. The summed E-state index contributed by atoms with van der Waals surface area (Å²) >= 11 is 0. The van der Waals surface area contributed by atoms with Gasteiger partial charge in [0.05, 0.1) is 0 Å². The van der Waals surface area contributed by atoms with Gasteiger partial charge >= 0.3 is 0 Å².